The zero-order chi connectivity index (χ0) is 18.8. The molecule has 130 valence electrons. The summed E-state index contributed by atoms with van der Waals surface area (Å²) < 4.78 is 43.5. The fraction of sp³-hybridized carbons (Fsp3) is 0.263. The topological polar surface area (TPSA) is 50.1 Å². The summed E-state index contributed by atoms with van der Waals surface area (Å²) in [5, 5.41) is 9.15. The number of carbonyl (C=O) groups excluding carboxylic acids is 1. The average molecular weight is 347 g/mol. The van der Waals surface area contributed by atoms with Gasteiger partial charge in [0.05, 0.1) is 22.8 Å². The Balaban J connectivity index is 2.34. The van der Waals surface area contributed by atoms with Gasteiger partial charge in [0.25, 0.3) is 0 Å². The van der Waals surface area contributed by atoms with Crippen LogP contribution in [0.15, 0.2) is 42.5 Å². The first-order valence-electron chi connectivity index (χ1n) is 7.46. The number of hydrogen-bond donors (Lipinski definition) is 0. The molecule has 0 atom stereocenters. The second-order valence-corrected chi connectivity index (χ2v) is 6.45. The van der Waals surface area contributed by atoms with Gasteiger partial charge >= 0.3 is 12.1 Å². The summed E-state index contributed by atoms with van der Waals surface area (Å²) in [6, 6.07) is 11.0. The number of rotatable bonds is 2. The number of benzene rings is 2. The highest BCUT2D eigenvalue weighted by molar-refractivity contribution is 5.90. The third-order valence-corrected chi connectivity index (χ3v) is 3.30. The molecule has 2 rings (SSSR count). The molecule has 3 nitrogen and oxygen atoms in total. The van der Waals surface area contributed by atoms with Crippen LogP contribution < -0.4 is 0 Å². The molecule has 2 aromatic carbocycles. The third-order valence-electron chi connectivity index (χ3n) is 3.30. The summed E-state index contributed by atoms with van der Waals surface area (Å²) in [5.41, 5.74) is -0.358. The van der Waals surface area contributed by atoms with Crippen LogP contribution in [0.1, 0.15) is 42.3 Å². The molecule has 0 aromatic heterocycles. The van der Waals surface area contributed by atoms with Gasteiger partial charge in [-0.1, -0.05) is 18.2 Å². The lowest BCUT2D eigenvalue weighted by atomic mass is 9.97. The number of carbonyl (C=O) groups is 1. The van der Waals surface area contributed by atoms with Crippen molar-refractivity contribution in [2.24, 2.45) is 0 Å². The van der Waals surface area contributed by atoms with Gasteiger partial charge in [0.15, 0.2) is 0 Å². The van der Waals surface area contributed by atoms with E-state index in [0.29, 0.717) is 16.7 Å². The lowest BCUT2D eigenvalue weighted by Crippen LogP contribution is -2.23. The summed E-state index contributed by atoms with van der Waals surface area (Å²) in [4.78, 5) is 12.0. The van der Waals surface area contributed by atoms with E-state index in [1.807, 2.05) is 0 Å². The predicted molar refractivity (Wildman–Crippen MR) is 86.8 cm³/mol. The first-order valence-corrected chi connectivity index (χ1v) is 7.46. The standard InChI is InChI=1S/C19H16F3NO2/c1-18(2,3)25-17(24)13-6-4-12(5-7-13)16-9-8-15(19(20,21)22)10-14(16)11-23/h4-10H,1-3H3. The Morgan fingerprint density at radius 2 is 1.64 bits per heavy atom. The molecule has 0 amide bonds. The van der Waals surface area contributed by atoms with Crippen molar-refractivity contribution < 1.29 is 22.7 Å². The first-order chi connectivity index (χ1) is 11.5. The Hall–Kier alpha value is -2.81. The fourth-order valence-electron chi connectivity index (χ4n) is 2.19. The van der Waals surface area contributed by atoms with E-state index in [0.717, 1.165) is 12.1 Å². The van der Waals surface area contributed by atoms with E-state index >= 15 is 0 Å². The van der Waals surface area contributed by atoms with E-state index in [1.165, 1.54) is 18.2 Å². The van der Waals surface area contributed by atoms with Crippen LogP contribution in [0.2, 0.25) is 0 Å². The minimum absolute atomic E-state index is 0.0835. The van der Waals surface area contributed by atoms with Gasteiger partial charge in [-0.15, -0.1) is 0 Å². The monoisotopic (exact) mass is 347 g/mol. The van der Waals surface area contributed by atoms with Gasteiger partial charge in [-0.3, -0.25) is 0 Å². The molecule has 6 heteroatoms. The number of alkyl halides is 3. The van der Waals surface area contributed by atoms with Gasteiger partial charge in [-0.25, -0.2) is 4.79 Å². The Morgan fingerprint density at radius 1 is 1.04 bits per heavy atom. The zero-order valence-corrected chi connectivity index (χ0v) is 13.9. The summed E-state index contributed by atoms with van der Waals surface area (Å²) in [6.45, 7) is 5.25. The second kappa shape index (κ2) is 6.60. The number of nitriles is 1. The summed E-state index contributed by atoms with van der Waals surface area (Å²) in [7, 11) is 0. The largest absolute Gasteiger partial charge is 0.456 e. The summed E-state index contributed by atoms with van der Waals surface area (Å²) in [6.07, 6.45) is -4.51. The van der Waals surface area contributed by atoms with Crippen LogP contribution in [0.25, 0.3) is 11.1 Å². The lowest BCUT2D eigenvalue weighted by Gasteiger charge is -2.19. The zero-order valence-electron chi connectivity index (χ0n) is 13.9. The minimum atomic E-state index is -4.51. The molecule has 0 bridgehead atoms. The smallest absolute Gasteiger partial charge is 0.416 e. The van der Waals surface area contributed by atoms with Crippen LogP contribution in [0.4, 0.5) is 13.2 Å². The van der Waals surface area contributed by atoms with Gasteiger partial charge < -0.3 is 4.74 Å². The van der Waals surface area contributed by atoms with Crippen LogP contribution >= 0.6 is 0 Å². The van der Waals surface area contributed by atoms with Crippen molar-refractivity contribution in [3.8, 4) is 17.2 Å². The predicted octanol–water partition coefficient (Wildman–Crippen LogP) is 5.20. The van der Waals surface area contributed by atoms with E-state index in [1.54, 1.807) is 39.0 Å². The number of halogens is 3. The Kier molecular flexibility index (Phi) is 4.89. The van der Waals surface area contributed by atoms with E-state index in [2.05, 4.69) is 0 Å². The molecule has 0 spiro atoms. The van der Waals surface area contributed by atoms with Crippen LogP contribution in [0, 0.1) is 11.3 Å². The van der Waals surface area contributed by atoms with Gasteiger partial charge in [0.1, 0.15) is 5.60 Å². The molecule has 0 radical (unpaired) electrons. The number of ether oxygens (including phenoxy) is 1. The highest BCUT2D eigenvalue weighted by Gasteiger charge is 2.31. The highest BCUT2D eigenvalue weighted by atomic mass is 19.4. The summed E-state index contributed by atoms with van der Waals surface area (Å²) >= 11 is 0. The van der Waals surface area contributed by atoms with E-state index in [-0.39, 0.29) is 5.56 Å². The molecule has 0 aliphatic carbocycles. The first kappa shape index (κ1) is 18.5. The maximum atomic E-state index is 12.8. The van der Waals surface area contributed by atoms with Crippen LogP contribution in [0.3, 0.4) is 0 Å². The molecule has 2 aromatic rings. The van der Waals surface area contributed by atoms with Crippen molar-refractivity contribution in [1.82, 2.24) is 0 Å². The molecule has 0 aliphatic heterocycles. The number of nitrogens with zero attached hydrogens (tertiary/aromatic N) is 1. The van der Waals surface area contributed by atoms with Gasteiger partial charge in [0.2, 0.25) is 0 Å². The van der Waals surface area contributed by atoms with E-state index < -0.39 is 23.3 Å². The Labute approximate surface area is 143 Å². The van der Waals surface area contributed by atoms with Crippen molar-refractivity contribution in [3.05, 3.63) is 59.2 Å². The maximum Gasteiger partial charge on any atom is 0.416 e. The Bertz CT molecular complexity index is 826. The van der Waals surface area contributed by atoms with Crippen LogP contribution in [0.5, 0.6) is 0 Å². The van der Waals surface area contributed by atoms with Crippen LogP contribution in [-0.4, -0.2) is 11.6 Å². The van der Waals surface area contributed by atoms with Gasteiger partial charge in [0, 0.05) is 0 Å². The molecular formula is C19H16F3NO2. The van der Waals surface area contributed by atoms with Crippen molar-refractivity contribution in [2.45, 2.75) is 32.5 Å². The molecule has 0 saturated carbocycles. The highest BCUT2D eigenvalue weighted by Crippen LogP contribution is 2.33. The van der Waals surface area contributed by atoms with Gasteiger partial charge in [-0.05, 0) is 56.2 Å². The minimum Gasteiger partial charge on any atom is -0.456 e. The van der Waals surface area contributed by atoms with Crippen molar-refractivity contribution in [2.75, 3.05) is 0 Å². The molecule has 0 unspecified atom stereocenters. The van der Waals surface area contributed by atoms with Crippen molar-refractivity contribution >= 4 is 5.97 Å². The van der Waals surface area contributed by atoms with E-state index in [4.69, 9.17) is 10.00 Å². The third kappa shape index (κ3) is 4.60. The molecule has 0 N–H and O–H groups in total. The SMILES string of the molecule is CC(C)(C)OC(=O)c1ccc(-c2ccc(C(F)(F)F)cc2C#N)cc1. The average Bonchev–Trinajstić information content (AvgIpc) is 2.52. The summed E-state index contributed by atoms with van der Waals surface area (Å²) in [5.74, 6) is -0.494. The Morgan fingerprint density at radius 3 is 2.12 bits per heavy atom. The molecule has 0 fully saturated rings. The maximum absolute atomic E-state index is 12.8. The number of esters is 1. The second-order valence-electron chi connectivity index (χ2n) is 6.45. The van der Waals surface area contributed by atoms with Crippen molar-refractivity contribution in [1.29, 1.82) is 5.26 Å². The van der Waals surface area contributed by atoms with Crippen molar-refractivity contribution in [3.63, 3.8) is 0 Å². The molecule has 0 heterocycles. The molecule has 0 saturated heterocycles. The quantitative estimate of drug-likeness (QED) is 0.702. The van der Waals surface area contributed by atoms with Gasteiger partial charge in [-0.2, -0.15) is 18.4 Å². The lowest BCUT2D eigenvalue weighted by molar-refractivity contribution is -0.137. The van der Waals surface area contributed by atoms with E-state index in [9.17, 15) is 18.0 Å². The molecule has 25 heavy (non-hydrogen) atoms. The molecular weight excluding hydrogens is 331 g/mol. The molecule has 0 aliphatic rings. The fourth-order valence-corrected chi connectivity index (χ4v) is 2.19. The normalized spacial score (nSPS) is 11.7. The number of hydrogen-bond acceptors (Lipinski definition) is 3. The van der Waals surface area contributed by atoms with Crippen LogP contribution in [-0.2, 0) is 10.9 Å².